The molecule has 32 heavy (non-hydrogen) atoms. The van der Waals surface area contributed by atoms with Gasteiger partial charge in [0, 0.05) is 23.1 Å². The Morgan fingerprint density at radius 1 is 1.19 bits per heavy atom. The molecule has 1 saturated carbocycles. The number of carbonyl (C=O) groups excluding carboxylic acids is 2. The van der Waals surface area contributed by atoms with E-state index >= 15 is 0 Å². The van der Waals surface area contributed by atoms with Crippen LogP contribution < -0.4 is 10.8 Å². The number of alkyl halides is 2. The molecule has 3 rings (SSSR count). The molecule has 2 amide bonds. The van der Waals surface area contributed by atoms with Gasteiger partial charge < -0.3 is 10.4 Å². The Kier molecular flexibility index (Phi) is 6.85. The lowest BCUT2D eigenvalue weighted by molar-refractivity contribution is -0.158. The van der Waals surface area contributed by atoms with Gasteiger partial charge in [-0.2, -0.15) is 0 Å². The van der Waals surface area contributed by atoms with Crippen LogP contribution >= 0.6 is 0 Å². The number of hydroxylamine groups is 1. The molecule has 0 aromatic heterocycles. The Morgan fingerprint density at radius 2 is 1.81 bits per heavy atom. The predicted molar refractivity (Wildman–Crippen MR) is 112 cm³/mol. The number of halogens is 2. The van der Waals surface area contributed by atoms with E-state index in [9.17, 15) is 23.5 Å². The molecule has 0 radical (unpaired) electrons. The molecule has 9 heteroatoms. The molecule has 1 aliphatic heterocycles. The fraction of sp³-hybridized carbons (Fsp3) is 0.478. The van der Waals surface area contributed by atoms with Crippen LogP contribution in [0.5, 0.6) is 0 Å². The number of carbonyl (C=O) groups is 2. The highest BCUT2D eigenvalue weighted by molar-refractivity contribution is 5.97. The molecule has 4 N–H and O–H groups in total. The summed E-state index contributed by atoms with van der Waals surface area (Å²) in [5, 5.41) is 21.2. The van der Waals surface area contributed by atoms with E-state index in [0.717, 1.165) is 12.8 Å². The summed E-state index contributed by atoms with van der Waals surface area (Å²) in [7, 11) is 0. The van der Waals surface area contributed by atoms with Crippen LogP contribution in [0.1, 0.15) is 42.6 Å². The van der Waals surface area contributed by atoms with Gasteiger partial charge in [0.1, 0.15) is 6.04 Å². The summed E-state index contributed by atoms with van der Waals surface area (Å²) in [5.41, 5.74) is 0.717. The second-order valence-electron chi connectivity index (χ2n) is 8.72. The third-order valence-electron chi connectivity index (χ3n) is 5.55. The summed E-state index contributed by atoms with van der Waals surface area (Å²) >= 11 is 0. The first-order chi connectivity index (χ1) is 15.0. The zero-order chi connectivity index (χ0) is 23.5. The zero-order valence-electron chi connectivity index (χ0n) is 17.8. The molecule has 2 fully saturated rings. The first-order valence-electron chi connectivity index (χ1n) is 10.2. The quantitative estimate of drug-likeness (QED) is 0.309. The van der Waals surface area contributed by atoms with E-state index in [1.54, 1.807) is 17.0 Å². The minimum absolute atomic E-state index is 0.154. The highest BCUT2D eigenvalue weighted by Crippen LogP contribution is 2.38. The second-order valence-corrected chi connectivity index (χ2v) is 8.72. The van der Waals surface area contributed by atoms with E-state index in [4.69, 9.17) is 5.21 Å². The predicted octanol–water partition coefficient (Wildman–Crippen LogP) is 1.15. The molecule has 1 aromatic carbocycles. The zero-order valence-corrected chi connectivity index (χ0v) is 17.8. The van der Waals surface area contributed by atoms with Gasteiger partial charge in [0.05, 0.1) is 18.7 Å². The van der Waals surface area contributed by atoms with Crippen LogP contribution in [0.4, 0.5) is 8.78 Å². The van der Waals surface area contributed by atoms with Crippen molar-refractivity contribution in [2.45, 2.75) is 50.3 Å². The maximum atomic E-state index is 12.9. The average Bonchev–Trinajstić information content (AvgIpc) is 2.67. The van der Waals surface area contributed by atoms with Crippen molar-refractivity contribution in [1.82, 2.24) is 15.7 Å². The number of benzene rings is 1. The number of nitrogens with one attached hydrogen (secondary N) is 2. The van der Waals surface area contributed by atoms with Gasteiger partial charge in [-0.3, -0.25) is 19.7 Å². The van der Waals surface area contributed by atoms with Crippen molar-refractivity contribution in [3.63, 3.8) is 0 Å². The molecular weight excluding hydrogens is 420 g/mol. The Labute approximate surface area is 185 Å². The Bertz CT molecular complexity index is 983. The van der Waals surface area contributed by atoms with Crippen molar-refractivity contribution < 1.29 is 28.7 Å². The lowest BCUT2D eigenvalue weighted by Gasteiger charge is -2.49. The third kappa shape index (κ3) is 5.83. The van der Waals surface area contributed by atoms with Crippen LogP contribution in [-0.4, -0.2) is 63.7 Å². The normalized spacial score (nSPS) is 22.6. The van der Waals surface area contributed by atoms with Crippen molar-refractivity contribution in [3.8, 4) is 23.7 Å². The molecule has 7 nitrogen and oxygen atoms in total. The number of likely N-dealkylation sites (tertiary alicyclic amines) is 1. The summed E-state index contributed by atoms with van der Waals surface area (Å²) in [5.74, 6) is 7.56. The van der Waals surface area contributed by atoms with E-state index in [0.29, 0.717) is 5.56 Å². The maximum Gasteiger partial charge on any atom is 0.272 e. The van der Waals surface area contributed by atoms with E-state index in [2.05, 4.69) is 29.0 Å². The lowest BCUT2D eigenvalue weighted by atomic mass is 9.78. The minimum Gasteiger partial charge on any atom is -0.388 e. The van der Waals surface area contributed by atoms with Gasteiger partial charge in [0.15, 0.2) is 0 Å². The minimum atomic E-state index is -2.54. The van der Waals surface area contributed by atoms with Crippen LogP contribution in [-0.2, 0) is 4.79 Å². The summed E-state index contributed by atoms with van der Waals surface area (Å²) in [4.78, 5) is 25.8. The summed E-state index contributed by atoms with van der Waals surface area (Å²) in [6.45, 7) is 2.36. The molecular formula is C23H25F2N3O4. The van der Waals surface area contributed by atoms with Crippen LogP contribution in [0, 0.1) is 29.6 Å². The first-order valence-corrected chi connectivity index (χ1v) is 10.2. The number of aliphatic hydroxyl groups is 1. The van der Waals surface area contributed by atoms with E-state index in [1.165, 1.54) is 31.5 Å². The highest BCUT2D eigenvalue weighted by Gasteiger charge is 2.49. The SMILES string of the molecule is CC(C)(O)C(NC(=O)c1ccc(C#CC#CC2CC(N3CC(F)(F)C3)C2)cc1)C(=O)NO. The Morgan fingerprint density at radius 3 is 2.34 bits per heavy atom. The van der Waals surface area contributed by atoms with E-state index in [-0.39, 0.29) is 30.6 Å². The molecule has 170 valence electrons. The molecule has 2 aliphatic rings. The topological polar surface area (TPSA) is 102 Å². The van der Waals surface area contributed by atoms with E-state index in [1.807, 2.05) is 0 Å². The summed E-state index contributed by atoms with van der Waals surface area (Å²) in [6.07, 6.45) is 1.57. The third-order valence-corrected chi connectivity index (χ3v) is 5.55. The monoisotopic (exact) mass is 445 g/mol. The number of nitrogens with zero attached hydrogens (tertiary/aromatic N) is 1. The van der Waals surface area contributed by atoms with Gasteiger partial charge in [-0.05, 0) is 62.8 Å². The van der Waals surface area contributed by atoms with Gasteiger partial charge in [0.25, 0.3) is 17.7 Å². The second kappa shape index (κ2) is 9.25. The molecule has 1 aromatic rings. The van der Waals surface area contributed by atoms with Crippen LogP contribution in [0.2, 0.25) is 0 Å². The Hall–Kier alpha value is -2.98. The number of hydrogen-bond donors (Lipinski definition) is 4. The highest BCUT2D eigenvalue weighted by atomic mass is 19.3. The molecule has 0 bridgehead atoms. The molecule has 1 atom stereocenters. The summed E-state index contributed by atoms with van der Waals surface area (Å²) < 4.78 is 25.8. The molecule has 1 aliphatic carbocycles. The largest absolute Gasteiger partial charge is 0.388 e. The smallest absolute Gasteiger partial charge is 0.272 e. The average molecular weight is 445 g/mol. The van der Waals surface area contributed by atoms with Crippen molar-refractivity contribution in [2.75, 3.05) is 13.1 Å². The number of hydrogen-bond acceptors (Lipinski definition) is 5. The number of rotatable bonds is 5. The molecule has 1 unspecified atom stereocenters. The van der Waals surface area contributed by atoms with E-state index < -0.39 is 29.4 Å². The Balaban J connectivity index is 1.50. The van der Waals surface area contributed by atoms with Crippen molar-refractivity contribution >= 4 is 11.8 Å². The maximum absolute atomic E-state index is 12.9. The summed E-state index contributed by atoms with van der Waals surface area (Å²) in [6, 6.07) is 5.13. The van der Waals surface area contributed by atoms with Crippen molar-refractivity contribution in [2.24, 2.45) is 5.92 Å². The first kappa shape index (κ1) is 23.7. The van der Waals surface area contributed by atoms with Crippen molar-refractivity contribution in [1.29, 1.82) is 0 Å². The van der Waals surface area contributed by atoms with Crippen LogP contribution in [0.3, 0.4) is 0 Å². The van der Waals surface area contributed by atoms with Crippen molar-refractivity contribution in [3.05, 3.63) is 35.4 Å². The molecule has 1 saturated heterocycles. The van der Waals surface area contributed by atoms with Crippen LogP contribution in [0.25, 0.3) is 0 Å². The van der Waals surface area contributed by atoms with Gasteiger partial charge in [-0.1, -0.05) is 11.8 Å². The molecule has 1 heterocycles. The van der Waals surface area contributed by atoms with Gasteiger partial charge in [-0.15, -0.1) is 0 Å². The van der Waals surface area contributed by atoms with Gasteiger partial charge >= 0.3 is 0 Å². The standard InChI is InChI=1S/C23H25F2N3O4/c1-22(2,31)19(21(30)27-32)26-20(29)17-9-7-15(8-10-17)5-3-4-6-16-11-18(12-16)28-13-23(24,25)14-28/h7-10,16,18-19,31-32H,11-14H2,1-2H3,(H,26,29)(H,27,30). The fourth-order valence-electron chi connectivity index (χ4n) is 3.60. The lowest BCUT2D eigenvalue weighted by Crippen LogP contribution is -2.62. The van der Waals surface area contributed by atoms with Crippen LogP contribution in [0.15, 0.2) is 24.3 Å². The molecule has 0 spiro atoms. The van der Waals surface area contributed by atoms with Gasteiger partial charge in [0.2, 0.25) is 0 Å². The van der Waals surface area contributed by atoms with Gasteiger partial charge in [-0.25, -0.2) is 14.3 Å². The number of amides is 2. The fourth-order valence-corrected chi connectivity index (χ4v) is 3.60.